The van der Waals surface area contributed by atoms with Crippen molar-refractivity contribution in [2.45, 2.75) is 38.1 Å². The summed E-state index contributed by atoms with van der Waals surface area (Å²) in [6.07, 6.45) is -3.12. The predicted molar refractivity (Wildman–Crippen MR) is 151 cm³/mol. The highest BCUT2D eigenvalue weighted by molar-refractivity contribution is 5.90. The molecule has 1 aliphatic heterocycles. The zero-order chi connectivity index (χ0) is 32.3. The molecule has 0 bridgehead atoms. The molecule has 1 aliphatic rings. The number of H-pyrrole nitrogens is 1. The number of hydrogen-bond acceptors (Lipinski definition) is 7. The van der Waals surface area contributed by atoms with Crippen molar-refractivity contribution in [3.63, 3.8) is 0 Å². The number of carbonyl (C=O) groups is 2. The number of benzene rings is 2. The van der Waals surface area contributed by atoms with Crippen LogP contribution in [-0.4, -0.2) is 70.0 Å². The van der Waals surface area contributed by atoms with Crippen LogP contribution in [0.4, 0.5) is 38.3 Å². The normalized spacial score (nSPS) is 17.2. The lowest BCUT2D eigenvalue weighted by molar-refractivity contribution is -0.205. The van der Waals surface area contributed by atoms with Gasteiger partial charge in [0, 0.05) is 25.2 Å². The molecular weight excluding hydrogens is 605 g/mol. The Kier molecular flexibility index (Phi) is 8.92. The molecular formula is C29H28F5N7O4. The van der Waals surface area contributed by atoms with E-state index in [4.69, 9.17) is 4.74 Å². The standard InChI is InChI=1S/C29H28F5N7O4/c1-16(45-27(42)29(32,33)34)15-44-26-17(2)25(41(39-26)19-6-4-3-5-7-19)38-28(43)37-24-14-40(20-11-35-36-12-20)13-21(24)18-8-9-22(30)23(31)10-18/h3-12,16,21,24H,13-15H2,1-2H3,(H,35,36)(H2,37,38,43)/t16-,21-,24+/m0/s1. The Morgan fingerprint density at radius 3 is 2.51 bits per heavy atom. The maximum absolute atomic E-state index is 14.2. The molecule has 4 aromatic rings. The van der Waals surface area contributed by atoms with Crippen LogP contribution < -0.4 is 20.3 Å². The number of alkyl halides is 3. The first-order chi connectivity index (χ1) is 21.4. The lowest BCUT2D eigenvalue weighted by Crippen LogP contribution is -2.42. The van der Waals surface area contributed by atoms with Crippen LogP contribution in [0, 0.1) is 18.6 Å². The maximum Gasteiger partial charge on any atom is 0.490 e. The lowest BCUT2D eigenvalue weighted by Gasteiger charge is -2.21. The van der Waals surface area contributed by atoms with Gasteiger partial charge in [-0.1, -0.05) is 24.3 Å². The summed E-state index contributed by atoms with van der Waals surface area (Å²) in [6.45, 7) is 3.09. The van der Waals surface area contributed by atoms with E-state index in [0.29, 0.717) is 29.9 Å². The van der Waals surface area contributed by atoms with Crippen molar-refractivity contribution in [2.75, 3.05) is 29.9 Å². The summed E-state index contributed by atoms with van der Waals surface area (Å²) in [6, 6.07) is 11.1. The topological polar surface area (TPSA) is 126 Å². The minimum Gasteiger partial charge on any atom is -0.472 e. The van der Waals surface area contributed by atoms with E-state index in [9.17, 15) is 31.5 Å². The van der Waals surface area contributed by atoms with E-state index >= 15 is 0 Å². The molecule has 238 valence electrons. The zero-order valence-electron chi connectivity index (χ0n) is 23.9. The number of carbonyl (C=O) groups excluding carboxylic acids is 2. The van der Waals surface area contributed by atoms with Gasteiger partial charge in [-0.05, 0) is 43.7 Å². The number of rotatable bonds is 9. The van der Waals surface area contributed by atoms with Crippen LogP contribution in [0.25, 0.3) is 5.69 Å². The van der Waals surface area contributed by atoms with Gasteiger partial charge in [-0.25, -0.2) is 23.1 Å². The van der Waals surface area contributed by atoms with Gasteiger partial charge >= 0.3 is 18.2 Å². The molecule has 0 saturated carbocycles. The molecule has 0 aliphatic carbocycles. The Hall–Kier alpha value is -5.15. The van der Waals surface area contributed by atoms with Gasteiger partial charge in [-0.3, -0.25) is 10.4 Å². The second-order valence-corrected chi connectivity index (χ2v) is 10.4. The van der Waals surface area contributed by atoms with Crippen molar-refractivity contribution in [1.82, 2.24) is 25.3 Å². The van der Waals surface area contributed by atoms with Gasteiger partial charge in [0.2, 0.25) is 5.88 Å². The Balaban J connectivity index is 1.36. The number of para-hydroxylation sites is 1. The number of nitrogens with zero attached hydrogens (tertiary/aromatic N) is 4. The first kappa shape index (κ1) is 31.3. The molecule has 16 heteroatoms. The van der Waals surface area contributed by atoms with E-state index in [-0.39, 0.29) is 11.7 Å². The van der Waals surface area contributed by atoms with E-state index in [1.807, 2.05) is 4.90 Å². The average molecular weight is 634 g/mol. The van der Waals surface area contributed by atoms with Gasteiger partial charge in [0.1, 0.15) is 18.5 Å². The number of hydrogen-bond donors (Lipinski definition) is 3. The first-order valence-corrected chi connectivity index (χ1v) is 13.7. The summed E-state index contributed by atoms with van der Waals surface area (Å²) in [4.78, 5) is 26.6. The summed E-state index contributed by atoms with van der Waals surface area (Å²) in [5.41, 5.74) is 2.12. The summed E-state index contributed by atoms with van der Waals surface area (Å²) in [7, 11) is 0. The summed E-state index contributed by atoms with van der Waals surface area (Å²) >= 11 is 0. The number of aromatic amines is 1. The van der Waals surface area contributed by atoms with Gasteiger partial charge < -0.3 is 19.7 Å². The molecule has 0 radical (unpaired) electrons. The van der Waals surface area contributed by atoms with Crippen molar-refractivity contribution in [3.05, 3.63) is 83.7 Å². The molecule has 2 aromatic heterocycles. The largest absolute Gasteiger partial charge is 0.490 e. The van der Waals surface area contributed by atoms with Crippen LogP contribution in [0.5, 0.6) is 5.88 Å². The second-order valence-electron chi connectivity index (χ2n) is 10.4. The number of aromatic nitrogens is 4. The van der Waals surface area contributed by atoms with Crippen LogP contribution >= 0.6 is 0 Å². The highest BCUT2D eigenvalue weighted by Crippen LogP contribution is 2.33. The van der Waals surface area contributed by atoms with Gasteiger partial charge in [0.15, 0.2) is 11.6 Å². The number of esters is 1. The van der Waals surface area contributed by atoms with Crippen molar-refractivity contribution in [1.29, 1.82) is 0 Å². The molecule has 1 saturated heterocycles. The maximum atomic E-state index is 14.2. The Bertz CT molecular complexity index is 1650. The van der Waals surface area contributed by atoms with Crippen molar-refractivity contribution in [3.8, 4) is 11.6 Å². The number of urea groups is 1. The Labute approximate surface area is 253 Å². The highest BCUT2D eigenvalue weighted by Gasteiger charge is 2.42. The van der Waals surface area contributed by atoms with E-state index in [2.05, 4.69) is 30.7 Å². The number of nitrogens with one attached hydrogen (secondary N) is 3. The van der Waals surface area contributed by atoms with E-state index in [1.165, 1.54) is 17.7 Å². The van der Waals surface area contributed by atoms with Crippen LogP contribution in [0.15, 0.2) is 60.9 Å². The fourth-order valence-electron chi connectivity index (χ4n) is 4.97. The van der Waals surface area contributed by atoms with Crippen molar-refractivity contribution < 1.29 is 41.0 Å². The van der Waals surface area contributed by atoms with Crippen LogP contribution in [0.2, 0.25) is 0 Å². The predicted octanol–water partition coefficient (Wildman–Crippen LogP) is 4.85. The first-order valence-electron chi connectivity index (χ1n) is 13.7. The smallest absolute Gasteiger partial charge is 0.472 e. The van der Waals surface area contributed by atoms with Crippen LogP contribution in [-0.2, 0) is 9.53 Å². The van der Waals surface area contributed by atoms with Crippen molar-refractivity contribution in [2.24, 2.45) is 0 Å². The minimum atomic E-state index is -5.15. The number of amides is 2. The monoisotopic (exact) mass is 633 g/mol. The summed E-state index contributed by atoms with van der Waals surface area (Å²) < 4.78 is 76.9. The van der Waals surface area contributed by atoms with E-state index < -0.39 is 54.5 Å². The van der Waals surface area contributed by atoms with Gasteiger partial charge in [0.05, 0.1) is 29.2 Å². The lowest BCUT2D eigenvalue weighted by atomic mass is 9.94. The summed E-state index contributed by atoms with van der Waals surface area (Å²) in [5, 5.41) is 16.8. The number of ether oxygens (including phenoxy) is 2. The number of anilines is 2. The quantitative estimate of drug-likeness (QED) is 0.178. The van der Waals surface area contributed by atoms with E-state index in [1.54, 1.807) is 49.6 Å². The third kappa shape index (κ3) is 7.16. The molecule has 3 heterocycles. The Morgan fingerprint density at radius 2 is 1.84 bits per heavy atom. The number of halogens is 5. The van der Waals surface area contributed by atoms with Crippen molar-refractivity contribution >= 4 is 23.5 Å². The Morgan fingerprint density at radius 1 is 1.09 bits per heavy atom. The molecule has 3 N–H and O–H groups in total. The molecule has 5 rings (SSSR count). The highest BCUT2D eigenvalue weighted by atomic mass is 19.4. The molecule has 1 fully saturated rings. The average Bonchev–Trinajstić information content (AvgIpc) is 3.74. The van der Waals surface area contributed by atoms with Crippen LogP contribution in [0.3, 0.4) is 0 Å². The third-order valence-corrected chi connectivity index (χ3v) is 7.16. The van der Waals surface area contributed by atoms with Gasteiger partial charge in [-0.2, -0.15) is 18.3 Å². The SMILES string of the molecule is Cc1c(OC[C@H](C)OC(=O)C(F)(F)F)nn(-c2ccccc2)c1NC(=O)N[C@@H]1CN(c2cn[nH]c2)C[C@H]1c1ccc(F)c(F)c1. The molecule has 3 atom stereocenters. The summed E-state index contributed by atoms with van der Waals surface area (Å²) in [5.74, 6) is -4.57. The molecule has 11 nitrogen and oxygen atoms in total. The molecule has 45 heavy (non-hydrogen) atoms. The van der Waals surface area contributed by atoms with Gasteiger partial charge in [-0.15, -0.1) is 5.10 Å². The van der Waals surface area contributed by atoms with Crippen LogP contribution in [0.1, 0.15) is 24.0 Å². The fraction of sp³-hybridized carbons (Fsp3) is 0.310. The minimum absolute atomic E-state index is 0.0178. The molecule has 0 unspecified atom stereocenters. The zero-order valence-corrected chi connectivity index (χ0v) is 23.9. The second kappa shape index (κ2) is 12.8. The van der Waals surface area contributed by atoms with Gasteiger partial charge in [0.25, 0.3) is 0 Å². The molecule has 2 amide bonds. The fourth-order valence-corrected chi connectivity index (χ4v) is 4.97. The van der Waals surface area contributed by atoms with E-state index in [0.717, 1.165) is 17.8 Å². The third-order valence-electron chi connectivity index (χ3n) is 7.16. The molecule has 2 aromatic carbocycles. The molecule has 0 spiro atoms.